The van der Waals surface area contributed by atoms with E-state index in [9.17, 15) is 9.59 Å². The molecule has 0 fully saturated rings. The van der Waals surface area contributed by atoms with Gasteiger partial charge in [-0.3, -0.25) is 0 Å². The molecule has 44 heavy (non-hydrogen) atoms. The predicted molar refractivity (Wildman–Crippen MR) is 179 cm³/mol. The van der Waals surface area contributed by atoms with Gasteiger partial charge in [0.1, 0.15) is 32.7 Å². The van der Waals surface area contributed by atoms with E-state index in [0.717, 1.165) is 36.2 Å². The van der Waals surface area contributed by atoms with Crippen LogP contribution in [0.2, 0.25) is 0 Å². The number of hydrogen-bond acceptors (Lipinski definition) is 7. The Hall–Kier alpha value is -4.28. The molecule has 4 heterocycles. The van der Waals surface area contributed by atoms with Crippen LogP contribution in [0, 0.1) is 0 Å². The van der Waals surface area contributed by atoms with Gasteiger partial charge in [-0.2, -0.15) is 0 Å². The number of benzene rings is 2. The molecule has 0 radical (unpaired) electrons. The summed E-state index contributed by atoms with van der Waals surface area (Å²) in [6.45, 7) is 15.3. The number of aromatic carboxylic acids is 1. The first kappa shape index (κ1) is 31.2. The largest absolute Gasteiger partial charge is 0.477 e. The van der Waals surface area contributed by atoms with Gasteiger partial charge in [-0.25, -0.2) is 19.6 Å². The molecular formula is C34H36N4O4S2. The van der Waals surface area contributed by atoms with Gasteiger partial charge < -0.3 is 19.8 Å². The number of nitrogens with zero attached hydrogens (tertiary/aromatic N) is 2. The van der Waals surface area contributed by atoms with Crippen LogP contribution in [0.25, 0.3) is 41.8 Å². The van der Waals surface area contributed by atoms with Crippen molar-refractivity contribution in [3.63, 3.8) is 0 Å². The van der Waals surface area contributed by atoms with E-state index in [4.69, 9.17) is 9.84 Å². The molecule has 0 saturated carbocycles. The van der Waals surface area contributed by atoms with E-state index in [2.05, 4.69) is 110 Å². The van der Waals surface area contributed by atoms with Crippen molar-refractivity contribution in [2.75, 3.05) is 6.61 Å². The quantitative estimate of drug-likeness (QED) is 0.164. The van der Waals surface area contributed by atoms with E-state index >= 15 is 0 Å². The molecule has 0 aliphatic heterocycles. The Kier molecular flexibility index (Phi) is 8.51. The van der Waals surface area contributed by atoms with Gasteiger partial charge in [0, 0.05) is 11.1 Å². The van der Waals surface area contributed by atoms with Crippen LogP contribution in [-0.2, 0) is 15.6 Å². The number of aromatic nitrogens is 4. The summed E-state index contributed by atoms with van der Waals surface area (Å²) in [4.78, 5) is 37.5. The molecule has 0 aliphatic carbocycles. The molecule has 6 aromatic rings. The number of carboxylic acid groups (broad SMARTS) is 1. The molecule has 0 amide bonds. The lowest BCUT2D eigenvalue weighted by Crippen LogP contribution is -2.10. The van der Waals surface area contributed by atoms with Crippen LogP contribution in [0.4, 0.5) is 0 Å². The van der Waals surface area contributed by atoms with E-state index < -0.39 is 5.97 Å². The fourth-order valence-corrected chi connectivity index (χ4v) is 6.47. The Balaban J connectivity index is 0.000000175. The number of thiazole rings is 2. The molecule has 3 N–H and O–H groups in total. The molecule has 0 unspecified atom stereocenters. The molecule has 4 aromatic heterocycles. The third-order valence-corrected chi connectivity index (χ3v) is 9.19. The minimum atomic E-state index is -0.962. The number of aromatic amines is 2. The zero-order valence-electron chi connectivity index (χ0n) is 25.9. The van der Waals surface area contributed by atoms with E-state index in [0.29, 0.717) is 17.9 Å². The molecule has 2 aromatic carbocycles. The first-order valence-corrected chi connectivity index (χ1v) is 16.0. The highest BCUT2D eigenvalue weighted by Crippen LogP contribution is 2.33. The molecule has 8 nitrogen and oxygen atoms in total. The average molecular weight is 629 g/mol. The highest BCUT2D eigenvalue weighted by Gasteiger charge is 2.18. The van der Waals surface area contributed by atoms with Crippen LogP contribution in [0.15, 0.2) is 60.7 Å². The summed E-state index contributed by atoms with van der Waals surface area (Å²) in [5.41, 5.74) is 6.98. The summed E-state index contributed by atoms with van der Waals surface area (Å²) in [7, 11) is 0. The summed E-state index contributed by atoms with van der Waals surface area (Å²) in [5, 5.41) is 10.8. The Morgan fingerprint density at radius 1 is 0.727 bits per heavy atom. The van der Waals surface area contributed by atoms with Crippen LogP contribution < -0.4 is 0 Å². The number of carbonyl (C=O) groups is 2. The monoisotopic (exact) mass is 628 g/mol. The van der Waals surface area contributed by atoms with Crippen molar-refractivity contribution in [1.82, 2.24) is 19.9 Å². The van der Waals surface area contributed by atoms with Gasteiger partial charge >= 0.3 is 11.9 Å². The summed E-state index contributed by atoms with van der Waals surface area (Å²) >= 11 is 3.07. The maximum absolute atomic E-state index is 11.7. The second kappa shape index (κ2) is 12.0. The fourth-order valence-electron chi connectivity index (χ4n) is 4.53. The topological polar surface area (TPSA) is 121 Å². The van der Waals surface area contributed by atoms with Gasteiger partial charge in [0.15, 0.2) is 0 Å². The van der Waals surface area contributed by atoms with Gasteiger partial charge in [-0.05, 0) is 41.0 Å². The first-order valence-electron chi connectivity index (χ1n) is 14.3. The second-order valence-electron chi connectivity index (χ2n) is 12.5. The van der Waals surface area contributed by atoms with Gasteiger partial charge in [0.2, 0.25) is 0 Å². The molecular weight excluding hydrogens is 593 g/mol. The van der Waals surface area contributed by atoms with Crippen LogP contribution >= 0.6 is 22.7 Å². The van der Waals surface area contributed by atoms with Crippen molar-refractivity contribution in [3.8, 4) is 21.1 Å². The number of carbonyl (C=O) groups excluding carboxylic acids is 1. The molecule has 0 saturated heterocycles. The normalized spacial score (nSPS) is 11.9. The maximum atomic E-state index is 11.7. The lowest BCUT2D eigenvalue weighted by Gasteiger charge is -2.18. The SMILES string of the molecule is CC(C)(C)c1ccc(-c2nc3[nH]c(C(=O)O)cc3s2)cc1.CCOC(=O)c1cc2sc(-c3ccc(C(C)(C)C)cc3)nc2[nH]1. The average Bonchev–Trinajstić information content (AvgIpc) is 3.72. The van der Waals surface area contributed by atoms with Gasteiger partial charge in [-0.15, -0.1) is 22.7 Å². The number of hydrogen-bond donors (Lipinski definition) is 3. The third kappa shape index (κ3) is 6.76. The number of esters is 1. The summed E-state index contributed by atoms with van der Waals surface area (Å²) in [6.07, 6.45) is 0. The lowest BCUT2D eigenvalue weighted by atomic mass is 9.87. The minimum absolute atomic E-state index is 0.129. The number of H-pyrrole nitrogens is 2. The highest BCUT2D eigenvalue weighted by atomic mass is 32.1. The standard InChI is InChI=1S/C18H20N2O2S.C16H16N2O2S/c1-5-22-17(21)13-10-14-15(19-13)20-16(23-14)11-6-8-12(9-7-11)18(2,3)4;1-16(2,3)10-6-4-9(5-7-10)14-18-13-12(21-14)8-11(17-13)15(19)20/h6-10,19H,5H2,1-4H3;4-8,17H,1-3H3,(H,19,20). The smallest absolute Gasteiger partial charge is 0.354 e. The number of rotatable bonds is 5. The van der Waals surface area contributed by atoms with Crippen molar-refractivity contribution in [3.05, 3.63) is 83.2 Å². The molecule has 0 spiro atoms. The molecule has 0 bridgehead atoms. The van der Waals surface area contributed by atoms with Crippen LogP contribution in [0.5, 0.6) is 0 Å². The molecule has 0 atom stereocenters. The van der Waals surface area contributed by atoms with E-state index in [-0.39, 0.29) is 22.5 Å². The van der Waals surface area contributed by atoms with Gasteiger partial charge in [0.05, 0.1) is 16.0 Å². The summed E-state index contributed by atoms with van der Waals surface area (Å²) in [6, 6.07) is 20.3. The van der Waals surface area contributed by atoms with Crippen LogP contribution in [0.3, 0.4) is 0 Å². The van der Waals surface area contributed by atoms with E-state index in [1.807, 2.05) is 0 Å². The van der Waals surface area contributed by atoms with Crippen molar-refractivity contribution < 1.29 is 19.4 Å². The number of carboxylic acids is 1. The first-order chi connectivity index (χ1) is 20.7. The number of fused-ring (bicyclic) bond motifs is 2. The summed E-state index contributed by atoms with van der Waals surface area (Å²) < 4.78 is 6.82. The zero-order valence-corrected chi connectivity index (χ0v) is 27.5. The Morgan fingerprint density at radius 2 is 1.14 bits per heavy atom. The molecule has 10 heteroatoms. The van der Waals surface area contributed by atoms with Crippen LogP contribution in [0.1, 0.15) is 80.6 Å². The third-order valence-electron chi connectivity index (χ3n) is 7.09. The fraction of sp³-hybridized carbons (Fsp3) is 0.294. The minimum Gasteiger partial charge on any atom is -0.477 e. The van der Waals surface area contributed by atoms with E-state index in [1.165, 1.54) is 22.5 Å². The number of nitrogens with one attached hydrogen (secondary N) is 2. The molecule has 0 aliphatic rings. The predicted octanol–water partition coefficient (Wildman–Crippen LogP) is 9.05. The Bertz CT molecular complexity index is 1870. The number of ether oxygens (including phenoxy) is 1. The Morgan fingerprint density at radius 3 is 1.50 bits per heavy atom. The van der Waals surface area contributed by atoms with Crippen molar-refractivity contribution in [1.29, 1.82) is 0 Å². The maximum Gasteiger partial charge on any atom is 0.354 e. The van der Waals surface area contributed by atoms with E-state index in [1.54, 1.807) is 30.4 Å². The van der Waals surface area contributed by atoms with Gasteiger partial charge in [-0.1, -0.05) is 90.1 Å². The molecule has 6 rings (SSSR count). The molecule has 228 valence electrons. The zero-order chi connectivity index (χ0) is 31.8. The van der Waals surface area contributed by atoms with Crippen LogP contribution in [-0.4, -0.2) is 43.6 Å². The lowest BCUT2D eigenvalue weighted by molar-refractivity contribution is 0.0520. The van der Waals surface area contributed by atoms with Gasteiger partial charge in [0.25, 0.3) is 0 Å². The van der Waals surface area contributed by atoms with Crippen molar-refractivity contribution >= 4 is 55.3 Å². The Labute approximate surface area is 264 Å². The summed E-state index contributed by atoms with van der Waals surface area (Å²) in [5.74, 6) is -1.30. The second-order valence-corrected chi connectivity index (χ2v) is 14.6. The highest BCUT2D eigenvalue weighted by molar-refractivity contribution is 7.22. The van der Waals surface area contributed by atoms with Crippen molar-refractivity contribution in [2.45, 2.75) is 59.3 Å². The van der Waals surface area contributed by atoms with Crippen molar-refractivity contribution in [2.24, 2.45) is 0 Å².